The minimum absolute atomic E-state index is 0.209. The molecule has 0 aliphatic rings. The van der Waals surface area contributed by atoms with Crippen molar-refractivity contribution in [2.75, 3.05) is 17.2 Å². The third kappa shape index (κ3) is 5.06. The highest BCUT2D eigenvalue weighted by Crippen LogP contribution is 2.37. The molecule has 0 radical (unpaired) electrons. The predicted molar refractivity (Wildman–Crippen MR) is 119 cm³/mol. The Morgan fingerprint density at radius 3 is 2.47 bits per heavy atom. The molecule has 1 heterocycles. The summed E-state index contributed by atoms with van der Waals surface area (Å²) >= 11 is 7.20. The van der Waals surface area contributed by atoms with Gasteiger partial charge < -0.3 is 15.4 Å². The van der Waals surface area contributed by atoms with Gasteiger partial charge in [-0.25, -0.2) is 4.79 Å². The van der Waals surface area contributed by atoms with Gasteiger partial charge in [-0.1, -0.05) is 29.8 Å². The minimum atomic E-state index is -0.522. The third-order valence-corrected chi connectivity index (χ3v) is 5.25. The highest BCUT2D eigenvalue weighted by atomic mass is 35.5. The highest BCUT2D eigenvalue weighted by molar-refractivity contribution is 7.15. The van der Waals surface area contributed by atoms with Gasteiger partial charge >= 0.3 is 5.97 Å². The second-order valence-electron chi connectivity index (χ2n) is 6.30. The van der Waals surface area contributed by atoms with Crippen LogP contribution in [0.1, 0.15) is 34.6 Å². The summed E-state index contributed by atoms with van der Waals surface area (Å²) < 4.78 is 5.21. The Morgan fingerprint density at radius 2 is 1.80 bits per heavy atom. The van der Waals surface area contributed by atoms with Crippen LogP contribution in [0, 0.1) is 0 Å². The molecular formula is C22H19ClN2O4S. The van der Waals surface area contributed by atoms with Gasteiger partial charge in [-0.3, -0.25) is 9.59 Å². The number of esters is 1. The summed E-state index contributed by atoms with van der Waals surface area (Å²) in [7, 11) is 0. The van der Waals surface area contributed by atoms with E-state index in [9.17, 15) is 14.4 Å². The first-order valence-electron chi connectivity index (χ1n) is 9.12. The molecule has 2 N–H and O–H groups in total. The summed E-state index contributed by atoms with van der Waals surface area (Å²) in [5.74, 6) is -1.16. The number of hydrogen-bond donors (Lipinski definition) is 2. The lowest BCUT2D eigenvalue weighted by Gasteiger charge is -2.10. The number of benzene rings is 2. The monoisotopic (exact) mass is 442 g/mol. The van der Waals surface area contributed by atoms with E-state index in [0.29, 0.717) is 26.8 Å². The van der Waals surface area contributed by atoms with Crippen LogP contribution in [0.5, 0.6) is 0 Å². The van der Waals surface area contributed by atoms with Crippen LogP contribution >= 0.6 is 22.9 Å². The fourth-order valence-electron chi connectivity index (χ4n) is 2.81. The van der Waals surface area contributed by atoms with Crippen LogP contribution in [0.15, 0.2) is 53.9 Å². The quantitative estimate of drug-likeness (QED) is 0.497. The number of ether oxygens (including phenoxy) is 1. The zero-order valence-electron chi connectivity index (χ0n) is 16.3. The molecule has 0 unspecified atom stereocenters. The molecule has 0 aliphatic heterocycles. The van der Waals surface area contributed by atoms with Crippen molar-refractivity contribution in [2.24, 2.45) is 0 Å². The maximum Gasteiger partial charge on any atom is 0.341 e. The number of hydrogen-bond acceptors (Lipinski definition) is 5. The van der Waals surface area contributed by atoms with E-state index in [1.165, 1.54) is 18.3 Å². The molecule has 2 amide bonds. The molecule has 0 saturated heterocycles. The van der Waals surface area contributed by atoms with E-state index < -0.39 is 11.9 Å². The van der Waals surface area contributed by atoms with E-state index >= 15 is 0 Å². The van der Waals surface area contributed by atoms with Crippen molar-refractivity contribution in [2.45, 2.75) is 13.8 Å². The van der Waals surface area contributed by atoms with Gasteiger partial charge in [0.1, 0.15) is 10.6 Å². The standard InChI is InChI=1S/C22H19ClN2O4S/c1-3-29-22(28)19-18(14-7-9-16(23)10-8-14)12-30-21(19)25-20(27)15-5-4-6-17(11-15)24-13(2)26/h4-12H,3H2,1-2H3,(H,24,26)(H,25,27). The van der Waals surface area contributed by atoms with Gasteiger partial charge in [-0.15, -0.1) is 11.3 Å². The summed E-state index contributed by atoms with van der Waals surface area (Å²) in [4.78, 5) is 36.7. The predicted octanol–water partition coefficient (Wildman–Crippen LogP) is 5.46. The average Bonchev–Trinajstić information content (AvgIpc) is 3.12. The molecule has 0 aliphatic carbocycles. The molecule has 6 nitrogen and oxygen atoms in total. The van der Waals surface area contributed by atoms with Crippen molar-refractivity contribution in [3.8, 4) is 11.1 Å². The van der Waals surface area contributed by atoms with Crippen molar-refractivity contribution in [1.82, 2.24) is 0 Å². The molecule has 0 saturated carbocycles. The Hall–Kier alpha value is -3.16. The summed E-state index contributed by atoms with van der Waals surface area (Å²) in [6.45, 7) is 3.32. The van der Waals surface area contributed by atoms with Crippen LogP contribution in [0.2, 0.25) is 5.02 Å². The lowest BCUT2D eigenvalue weighted by Crippen LogP contribution is -2.15. The molecule has 3 aromatic rings. The first-order valence-corrected chi connectivity index (χ1v) is 10.4. The number of amides is 2. The van der Waals surface area contributed by atoms with E-state index in [2.05, 4.69) is 10.6 Å². The van der Waals surface area contributed by atoms with Gasteiger partial charge in [-0.05, 0) is 42.8 Å². The highest BCUT2D eigenvalue weighted by Gasteiger charge is 2.23. The van der Waals surface area contributed by atoms with Crippen molar-refractivity contribution in [1.29, 1.82) is 0 Å². The number of nitrogens with one attached hydrogen (secondary N) is 2. The molecule has 1 aromatic heterocycles. The van der Waals surface area contributed by atoms with E-state index in [1.54, 1.807) is 60.8 Å². The van der Waals surface area contributed by atoms with E-state index in [0.717, 1.165) is 5.56 Å². The molecule has 8 heteroatoms. The number of anilines is 2. The summed E-state index contributed by atoms with van der Waals surface area (Å²) in [5.41, 5.74) is 2.58. The Kier molecular flexibility index (Phi) is 6.87. The molecule has 3 rings (SSSR count). The second kappa shape index (κ2) is 9.56. The van der Waals surface area contributed by atoms with Gasteiger partial charge in [-0.2, -0.15) is 0 Å². The average molecular weight is 443 g/mol. The topological polar surface area (TPSA) is 84.5 Å². The lowest BCUT2D eigenvalue weighted by atomic mass is 10.0. The maximum atomic E-state index is 12.8. The van der Waals surface area contributed by atoms with Crippen LogP contribution < -0.4 is 10.6 Å². The maximum absolute atomic E-state index is 12.8. The first-order chi connectivity index (χ1) is 14.4. The van der Waals surface area contributed by atoms with Crippen LogP contribution in [0.3, 0.4) is 0 Å². The van der Waals surface area contributed by atoms with Crippen LogP contribution in [0.4, 0.5) is 10.7 Å². The van der Waals surface area contributed by atoms with Gasteiger partial charge in [0.25, 0.3) is 5.91 Å². The van der Waals surface area contributed by atoms with Crippen molar-refractivity contribution < 1.29 is 19.1 Å². The second-order valence-corrected chi connectivity index (χ2v) is 7.61. The van der Waals surface area contributed by atoms with Crippen LogP contribution in [-0.4, -0.2) is 24.4 Å². The molecular weight excluding hydrogens is 424 g/mol. The van der Waals surface area contributed by atoms with Crippen molar-refractivity contribution in [3.63, 3.8) is 0 Å². The van der Waals surface area contributed by atoms with Gasteiger partial charge in [0.15, 0.2) is 0 Å². The number of rotatable bonds is 6. The Labute approximate surface area is 182 Å². The molecule has 154 valence electrons. The summed E-state index contributed by atoms with van der Waals surface area (Å²) in [6, 6.07) is 13.6. The number of halogens is 1. The van der Waals surface area contributed by atoms with Crippen molar-refractivity contribution >= 4 is 51.4 Å². The number of carbonyl (C=O) groups is 3. The molecule has 0 fully saturated rings. The Morgan fingerprint density at radius 1 is 1.07 bits per heavy atom. The fourth-order valence-corrected chi connectivity index (χ4v) is 3.89. The van der Waals surface area contributed by atoms with Crippen molar-refractivity contribution in [3.05, 3.63) is 70.1 Å². The molecule has 0 spiro atoms. The van der Waals surface area contributed by atoms with Crippen LogP contribution in [-0.2, 0) is 9.53 Å². The van der Waals surface area contributed by atoms with E-state index in [1.807, 2.05) is 0 Å². The number of thiophene rings is 1. The summed E-state index contributed by atoms with van der Waals surface area (Å²) in [6.07, 6.45) is 0. The van der Waals surface area contributed by atoms with Gasteiger partial charge in [0.05, 0.1) is 6.61 Å². The SMILES string of the molecule is CCOC(=O)c1c(-c2ccc(Cl)cc2)csc1NC(=O)c1cccc(NC(C)=O)c1. The molecule has 0 atom stereocenters. The van der Waals surface area contributed by atoms with Crippen LogP contribution in [0.25, 0.3) is 11.1 Å². The summed E-state index contributed by atoms with van der Waals surface area (Å²) in [5, 5.41) is 8.18. The Bertz CT molecular complexity index is 1090. The third-order valence-electron chi connectivity index (χ3n) is 4.10. The molecule has 30 heavy (non-hydrogen) atoms. The lowest BCUT2D eigenvalue weighted by molar-refractivity contribution is -0.114. The number of carbonyl (C=O) groups excluding carboxylic acids is 3. The Balaban J connectivity index is 1.94. The smallest absolute Gasteiger partial charge is 0.341 e. The zero-order chi connectivity index (χ0) is 21.7. The van der Waals surface area contributed by atoms with E-state index in [4.69, 9.17) is 16.3 Å². The van der Waals surface area contributed by atoms with Gasteiger partial charge in [0.2, 0.25) is 5.91 Å². The van der Waals surface area contributed by atoms with Gasteiger partial charge in [0, 0.05) is 34.1 Å². The zero-order valence-corrected chi connectivity index (χ0v) is 17.9. The minimum Gasteiger partial charge on any atom is -0.462 e. The largest absolute Gasteiger partial charge is 0.462 e. The molecule has 2 aromatic carbocycles. The first kappa shape index (κ1) is 21.5. The van der Waals surface area contributed by atoms with E-state index in [-0.39, 0.29) is 18.1 Å². The molecule has 0 bridgehead atoms. The normalized spacial score (nSPS) is 10.4. The fraction of sp³-hybridized carbons (Fsp3) is 0.136.